The maximum Gasteiger partial charge on any atom is 0.227 e. The molecule has 0 aliphatic carbocycles. The highest BCUT2D eigenvalue weighted by atomic mass is 16.5. The molecule has 7 heteroatoms. The number of ether oxygens (including phenoxy) is 1. The number of fused-ring (bicyclic) bond motifs is 1. The molecule has 1 aliphatic rings. The minimum atomic E-state index is 0.462. The first-order chi connectivity index (χ1) is 15.3. The Bertz CT molecular complexity index is 1370. The minimum absolute atomic E-state index is 0.462. The fourth-order valence-corrected chi connectivity index (χ4v) is 3.46. The fourth-order valence-electron chi connectivity index (χ4n) is 3.46. The second kappa shape index (κ2) is 7.21. The van der Waals surface area contributed by atoms with Crippen LogP contribution in [-0.4, -0.2) is 26.5 Å². The molecular weight excluding hydrogens is 392 g/mol. The largest absolute Gasteiger partial charge is 0.490 e. The highest BCUT2D eigenvalue weighted by molar-refractivity contribution is 5.76. The van der Waals surface area contributed by atoms with Crippen molar-refractivity contribution in [2.45, 2.75) is 6.42 Å². The smallest absolute Gasteiger partial charge is 0.227 e. The molecule has 2 aromatic carbocycles. The third kappa shape index (κ3) is 3.26. The summed E-state index contributed by atoms with van der Waals surface area (Å²) >= 11 is 0. The van der Waals surface area contributed by atoms with Crippen LogP contribution in [0.5, 0.6) is 0 Å². The zero-order valence-corrected chi connectivity index (χ0v) is 16.4. The van der Waals surface area contributed by atoms with Crippen LogP contribution in [0.1, 0.15) is 12.2 Å². The molecule has 0 spiro atoms. The summed E-state index contributed by atoms with van der Waals surface area (Å²) < 4.78 is 17.0. The lowest BCUT2D eigenvalue weighted by Gasteiger charge is -2.07. The van der Waals surface area contributed by atoms with E-state index in [2.05, 4.69) is 19.9 Å². The molecule has 0 radical (unpaired) electrons. The summed E-state index contributed by atoms with van der Waals surface area (Å²) in [5.41, 5.74) is 3.31. The molecule has 31 heavy (non-hydrogen) atoms. The molecule has 0 N–H and O–H groups in total. The van der Waals surface area contributed by atoms with E-state index in [1.165, 1.54) is 0 Å². The van der Waals surface area contributed by atoms with Crippen LogP contribution in [0.25, 0.3) is 51.3 Å². The van der Waals surface area contributed by atoms with Crippen LogP contribution >= 0.6 is 0 Å². The molecule has 0 fully saturated rings. The van der Waals surface area contributed by atoms with Gasteiger partial charge in [0.15, 0.2) is 34.6 Å². The zero-order chi connectivity index (χ0) is 20.6. The van der Waals surface area contributed by atoms with Crippen LogP contribution in [0, 0.1) is 0 Å². The van der Waals surface area contributed by atoms with Gasteiger partial charge in [-0.15, -0.1) is 0 Å². The van der Waals surface area contributed by atoms with Gasteiger partial charge >= 0.3 is 0 Å². The van der Waals surface area contributed by atoms with Crippen LogP contribution in [0.15, 0.2) is 81.8 Å². The lowest BCUT2D eigenvalue weighted by molar-refractivity contribution is 0.305. The van der Waals surface area contributed by atoms with Crippen molar-refractivity contribution in [3.8, 4) is 34.4 Å². The Labute approximate surface area is 177 Å². The maximum atomic E-state index is 5.87. The van der Waals surface area contributed by atoms with Crippen LogP contribution in [0.4, 0.5) is 0 Å². The van der Waals surface area contributed by atoms with Crippen molar-refractivity contribution in [1.29, 1.82) is 0 Å². The van der Waals surface area contributed by atoms with Gasteiger partial charge < -0.3 is 13.6 Å². The highest BCUT2D eigenvalue weighted by Crippen LogP contribution is 2.28. The number of aromatic nitrogens is 4. The SMILES string of the molecule is C1=C(c2nc(-c3ccc(-c4nc5ccccc5o4)cc3)nc(-c3ccco3)n2)OCC1. The summed E-state index contributed by atoms with van der Waals surface area (Å²) in [7, 11) is 0. The van der Waals surface area contributed by atoms with Crippen molar-refractivity contribution in [2.75, 3.05) is 6.61 Å². The zero-order valence-electron chi connectivity index (χ0n) is 16.4. The van der Waals surface area contributed by atoms with E-state index in [1.54, 1.807) is 12.3 Å². The van der Waals surface area contributed by atoms with Crippen LogP contribution < -0.4 is 0 Å². The number of nitrogens with zero attached hydrogens (tertiary/aromatic N) is 4. The van der Waals surface area contributed by atoms with Gasteiger partial charge in [-0.3, -0.25) is 0 Å². The molecule has 7 nitrogen and oxygen atoms in total. The van der Waals surface area contributed by atoms with Gasteiger partial charge in [-0.05, 0) is 42.5 Å². The molecule has 6 rings (SSSR count). The fraction of sp³-hybridized carbons (Fsp3) is 0.0833. The number of hydrogen-bond donors (Lipinski definition) is 0. The lowest BCUT2D eigenvalue weighted by atomic mass is 10.1. The quantitative estimate of drug-likeness (QED) is 0.395. The summed E-state index contributed by atoms with van der Waals surface area (Å²) in [6.45, 7) is 0.631. The molecule has 0 atom stereocenters. The average molecular weight is 408 g/mol. The van der Waals surface area contributed by atoms with E-state index < -0.39 is 0 Å². The number of benzene rings is 2. The van der Waals surface area contributed by atoms with E-state index >= 15 is 0 Å². The predicted octanol–water partition coefficient (Wildman–Crippen LogP) is 5.37. The second-order valence-corrected chi connectivity index (χ2v) is 7.05. The number of rotatable bonds is 4. The molecule has 0 saturated carbocycles. The van der Waals surface area contributed by atoms with Gasteiger partial charge in [0.25, 0.3) is 0 Å². The topological polar surface area (TPSA) is 87.1 Å². The maximum absolute atomic E-state index is 5.87. The summed E-state index contributed by atoms with van der Waals surface area (Å²) in [6, 6.07) is 19.1. The van der Waals surface area contributed by atoms with E-state index in [4.69, 9.17) is 13.6 Å². The second-order valence-electron chi connectivity index (χ2n) is 7.05. The first kappa shape index (κ1) is 17.6. The van der Waals surface area contributed by atoms with Crippen LogP contribution in [-0.2, 0) is 4.74 Å². The molecule has 3 aromatic heterocycles. The molecule has 0 bridgehead atoms. The molecule has 0 saturated heterocycles. The Morgan fingerprint density at radius 3 is 2.29 bits per heavy atom. The Morgan fingerprint density at radius 1 is 0.710 bits per heavy atom. The normalized spacial score (nSPS) is 13.4. The van der Waals surface area contributed by atoms with Crippen molar-refractivity contribution in [1.82, 2.24) is 19.9 Å². The molecule has 0 unspecified atom stereocenters. The number of oxazole rings is 1. The molecule has 5 aromatic rings. The van der Waals surface area contributed by atoms with Crippen LogP contribution in [0.2, 0.25) is 0 Å². The number of furan rings is 1. The van der Waals surface area contributed by atoms with E-state index in [0.717, 1.165) is 28.6 Å². The van der Waals surface area contributed by atoms with E-state index in [0.29, 0.717) is 41.5 Å². The van der Waals surface area contributed by atoms with Crippen LogP contribution in [0.3, 0.4) is 0 Å². The van der Waals surface area contributed by atoms with E-state index in [9.17, 15) is 0 Å². The lowest BCUT2D eigenvalue weighted by Crippen LogP contribution is -2.02. The van der Waals surface area contributed by atoms with E-state index in [-0.39, 0.29) is 0 Å². The molecule has 150 valence electrons. The number of hydrogen-bond acceptors (Lipinski definition) is 7. The Hall–Kier alpha value is -4.26. The Morgan fingerprint density at radius 2 is 1.52 bits per heavy atom. The molecule has 0 amide bonds. The summed E-state index contributed by atoms with van der Waals surface area (Å²) in [4.78, 5) is 18.3. The van der Waals surface area contributed by atoms with Crippen molar-refractivity contribution in [2.24, 2.45) is 0 Å². The van der Waals surface area contributed by atoms with Crippen molar-refractivity contribution >= 4 is 16.9 Å². The Balaban J connectivity index is 1.40. The highest BCUT2D eigenvalue weighted by Gasteiger charge is 2.18. The average Bonchev–Trinajstić information content (AvgIpc) is 3.60. The van der Waals surface area contributed by atoms with Gasteiger partial charge in [-0.2, -0.15) is 0 Å². The first-order valence-corrected chi connectivity index (χ1v) is 9.93. The molecular formula is C24H16N4O3. The number of para-hydroxylation sites is 2. The summed E-state index contributed by atoms with van der Waals surface area (Å²) in [5.74, 6) is 3.31. The van der Waals surface area contributed by atoms with Crippen molar-refractivity contribution in [3.05, 3.63) is 78.8 Å². The Kier molecular flexibility index (Phi) is 4.09. The molecule has 1 aliphatic heterocycles. The summed E-state index contributed by atoms with van der Waals surface area (Å²) in [5, 5.41) is 0. The third-order valence-electron chi connectivity index (χ3n) is 4.99. The van der Waals surface area contributed by atoms with Gasteiger partial charge in [-0.1, -0.05) is 24.3 Å². The first-order valence-electron chi connectivity index (χ1n) is 9.93. The summed E-state index contributed by atoms with van der Waals surface area (Å²) in [6.07, 6.45) is 4.42. The van der Waals surface area contributed by atoms with Gasteiger partial charge in [0, 0.05) is 17.5 Å². The van der Waals surface area contributed by atoms with Gasteiger partial charge in [-0.25, -0.2) is 19.9 Å². The third-order valence-corrected chi connectivity index (χ3v) is 4.99. The van der Waals surface area contributed by atoms with E-state index in [1.807, 2.05) is 60.7 Å². The van der Waals surface area contributed by atoms with Gasteiger partial charge in [0.1, 0.15) is 5.52 Å². The minimum Gasteiger partial charge on any atom is -0.490 e. The monoisotopic (exact) mass is 408 g/mol. The van der Waals surface area contributed by atoms with Crippen molar-refractivity contribution in [3.63, 3.8) is 0 Å². The van der Waals surface area contributed by atoms with Gasteiger partial charge in [0.2, 0.25) is 5.89 Å². The van der Waals surface area contributed by atoms with Crippen molar-refractivity contribution < 1.29 is 13.6 Å². The van der Waals surface area contributed by atoms with Gasteiger partial charge in [0.05, 0.1) is 12.9 Å². The predicted molar refractivity (Wildman–Crippen MR) is 115 cm³/mol. The standard InChI is InChI=1S/C24H16N4O3/c1-2-6-18-17(5-1)25-24(31-18)16-11-9-15(10-12-16)21-26-22(19-7-3-13-29-19)28-23(27-21)20-8-4-14-30-20/h1-3,5-13H,4,14H2. The molecule has 4 heterocycles.